The van der Waals surface area contributed by atoms with Crippen molar-refractivity contribution in [3.8, 4) is 0 Å². The highest BCUT2D eigenvalue weighted by Crippen LogP contribution is 2.34. The van der Waals surface area contributed by atoms with Crippen LogP contribution in [0.2, 0.25) is 0 Å². The first-order chi connectivity index (χ1) is 10.1. The zero-order chi connectivity index (χ0) is 14.9. The maximum atomic E-state index is 12.8. The van der Waals surface area contributed by atoms with Crippen LogP contribution in [0.15, 0.2) is 12.3 Å². The van der Waals surface area contributed by atoms with Crippen molar-refractivity contribution in [1.82, 2.24) is 18.6 Å². The van der Waals surface area contributed by atoms with Gasteiger partial charge in [-0.25, -0.2) is 9.97 Å². The predicted molar refractivity (Wildman–Crippen MR) is 76.8 cm³/mol. The molecular weight excluding hydrogens is 292 g/mol. The summed E-state index contributed by atoms with van der Waals surface area (Å²) in [5.41, 5.74) is 0.789. The average molecular weight is 312 g/mol. The Kier molecular flexibility index (Phi) is 4.21. The molecule has 0 unspecified atom stereocenters. The van der Waals surface area contributed by atoms with Gasteiger partial charge in [0.1, 0.15) is 5.82 Å². The molecule has 21 heavy (non-hydrogen) atoms. The first-order valence-electron chi connectivity index (χ1n) is 7.23. The normalized spacial score (nSPS) is 25.3. The summed E-state index contributed by atoms with van der Waals surface area (Å²) < 4.78 is 34.0. The second-order valence-electron chi connectivity index (χ2n) is 5.32. The Hall–Kier alpha value is -1.09. The lowest BCUT2D eigenvalue weighted by atomic mass is 10.1. The SMILES string of the molecule is Cc1nccc([C@@H]2CCCN2S(=O)(=O)N2CCOCC2)n1. The summed E-state index contributed by atoms with van der Waals surface area (Å²) in [6.45, 7) is 4.14. The van der Waals surface area contributed by atoms with Crippen LogP contribution >= 0.6 is 0 Å². The van der Waals surface area contributed by atoms with Gasteiger partial charge in [-0.05, 0) is 25.8 Å². The van der Waals surface area contributed by atoms with E-state index in [9.17, 15) is 8.42 Å². The molecule has 1 aromatic heterocycles. The first kappa shape index (κ1) is 14.8. The van der Waals surface area contributed by atoms with Gasteiger partial charge < -0.3 is 4.74 Å². The summed E-state index contributed by atoms with van der Waals surface area (Å²) in [6.07, 6.45) is 3.35. The lowest BCUT2D eigenvalue weighted by Crippen LogP contribution is -2.48. The molecule has 0 amide bonds. The molecular formula is C13H20N4O3S. The Balaban J connectivity index is 1.86. The molecule has 1 atom stereocenters. The van der Waals surface area contributed by atoms with Crippen molar-refractivity contribution >= 4 is 10.2 Å². The highest BCUT2D eigenvalue weighted by molar-refractivity contribution is 7.86. The Morgan fingerprint density at radius 3 is 2.76 bits per heavy atom. The lowest BCUT2D eigenvalue weighted by molar-refractivity contribution is 0.0698. The third kappa shape index (κ3) is 2.94. The van der Waals surface area contributed by atoms with Gasteiger partial charge in [0.2, 0.25) is 0 Å². The second kappa shape index (κ2) is 5.96. The maximum Gasteiger partial charge on any atom is 0.282 e. The van der Waals surface area contributed by atoms with E-state index in [-0.39, 0.29) is 6.04 Å². The van der Waals surface area contributed by atoms with E-state index in [4.69, 9.17) is 4.74 Å². The van der Waals surface area contributed by atoms with Crippen molar-refractivity contribution in [1.29, 1.82) is 0 Å². The molecule has 2 fully saturated rings. The van der Waals surface area contributed by atoms with Gasteiger partial charge in [-0.2, -0.15) is 17.0 Å². The Morgan fingerprint density at radius 1 is 1.29 bits per heavy atom. The molecule has 0 N–H and O–H groups in total. The minimum absolute atomic E-state index is 0.181. The molecule has 0 spiro atoms. The van der Waals surface area contributed by atoms with E-state index in [1.165, 1.54) is 4.31 Å². The number of hydrogen-bond donors (Lipinski definition) is 0. The highest BCUT2D eigenvalue weighted by atomic mass is 32.2. The van der Waals surface area contributed by atoms with Gasteiger partial charge in [0.15, 0.2) is 0 Å². The third-order valence-corrected chi connectivity index (χ3v) is 5.98. The van der Waals surface area contributed by atoms with Crippen LogP contribution < -0.4 is 0 Å². The van der Waals surface area contributed by atoms with Crippen molar-refractivity contribution in [3.63, 3.8) is 0 Å². The molecule has 2 aliphatic rings. The van der Waals surface area contributed by atoms with Crippen molar-refractivity contribution in [2.75, 3.05) is 32.8 Å². The van der Waals surface area contributed by atoms with Crippen LogP contribution in [0.5, 0.6) is 0 Å². The van der Waals surface area contributed by atoms with Crippen LogP contribution in [0.4, 0.5) is 0 Å². The summed E-state index contributed by atoms with van der Waals surface area (Å²) in [5, 5.41) is 0. The molecule has 0 aromatic carbocycles. The van der Waals surface area contributed by atoms with E-state index in [0.29, 0.717) is 38.7 Å². The van der Waals surface area contributed by atoms with Gasteiger partial charge >= 0.3 is 0 Å². The Labute approximate surface area is 125 Å². The van der Waals surface area contributed by atoms with Gasteiger partial charge in [-0.3, -0.25) is 0 Å². The number of aromatic nitrogens is 2. The third-order valence-electron chi connectivity index (χ3n) is 3.94. The summed E-state index contributed by atoms with van der Waals surface area (Å²) in [6, 6.07) is 1.63. The number of morpholine rings is 1. The first-order valence-corrected chi connectivity index (χ1v) is 8.63. The largest absolute Gasteiger partial charge is 0.379 e. The number of rotatable bonds is 3. The minimum Gasteiger partial charge on any atom is -0.379 e. The number of aryl methyl sites for hydroxylation is 1. The fourth-order valence-corrected chi connectivity index (χ4v) is 4.70. The molecule has 3 rings (SSSR count). The van der Waals surface area contributed by atoms with Crippen LogP contribution in [0.3, 0.4) is 0 Å². The number of hydrogen-bond acceptors (Lipinski definition) is 5. The van der Waals surface area contributed by atoms with Gasteiger partial charge in [0.05, 0.1) is 24.9 Å². The van der Waals surface area contributed by atoms with Crippen LogP contribution in [-0.2, 0) is 14.9 Å². The number of ether oxygens (including phenoxy) is 1. The van der Waals surface area contributed by atoms with Gasteiger partial charge in [-0.1, -0.05) is 0 Å². The van der Waals surface area contributed by atoms with E-state index in [1.807, 2.05) is 13.0 Å². The monoisotopic (exact) mass is 312 g/mol. The van der Waals surface area contributed by atoms with Crippen molar-refractivity contribution < 1.29 is 13.2 Å². The maximum absolute atomic E-state index is 12.8. The molecule has 0 bridgehead atoms. The van der Waals surface area contributed by atoms with Crippen molar-refractivity contribution in [2.24, 2.45) is 0 Å². The fraction of sp³-hybridized carbons (Fsp3) is 0.692. The van der Waals surface area contributed by atoms with Gasteiger partial charge in [-0.15, -0.1) is 0 Å². The topological polar surface area (TPSA) is 75.6 Å². The smallest absolute Gasteiger partial charge is 0.282 e. The second-order valence-corrected chi connectivity index (χ2v) is 7.20. The zero-order valence-corrected chi connectivity index (χ0v) is 12.9. The van der Waals surface area contributed by atoms with E-state index in [2.05, 4.69) is 9.97 Å². The molecule has 2 aliphatic heterocycles. The molecule has 1 aromatic rings. The van der Waals surface area contributed by atoms with Crippen LogP contribution in [0, 0.1) is 6.92 Å². The molecule has 0 aliphatic carbocycles. The summed E-state index contributed by atoms with van der Waals surface area (Å²) in [7, 11) is -3.45. The standard InChI is InChI=1S/C13H20N4O3S/c1-11-14-5-4-12(15-11)13-3-2-6-17(13)21(18,19)16-7-9-20-10-8-16/h4-5,13H,2-3,6-10H2,1H3/t13-/m0/s1. The molecule has 7 nitrogen and oxygen atoms in total. The Morgan fingerprint density at radius 2 is 2.05 bits per heavy atom. The van der Waals surface area contributed by atoms with E-state index < -0.39 is 10.2 Å². The van der Waals surface area contributed by atoms with Crippen LogP contribution in [-0.4, -0.2) is 59.8 Å². The molecule has 8 heteroatoms. The van der Waals surface area contributed by atoms with Gasteiger partial charge in [0, 0.05) is 25.8 Å². The molecule has 116 valence electrons. The summed E-state index contributed by atoms with van der Waals surface area (Å²) in [4.78, 5) is 8.49. The molecule has 3 heterocycles. The van der Waals surface area contributed by atoms with Crippen LogP contribution in [0.1, 0.15) is 30.4 Å². The van der Waals surface area contributed by atoms with Crippen molar-refractivity contribution in [3.05, 3.63) is 23.8 Å². The predicted octanol–water partition coefficient (Wildman–Crippen LogP) is 0.499. The molecule has 0 saturated carbocycles. The zero-order valence-electron chi connectivity index (χ0n) is 12.1. The van der Waals surface area contributed by atoms with E-state index >= 15 is 0 Å². The average Bonchev–Trinajstić information content (AvgIpc) is 2.98. The highest BCUT2D eigenvalue weighted by Gasteiger charge is 2.39. The fourth-order valence-electron chi connectivity index (χ4n) is 2.90. The van der Waals surface area contributed by atoms with Crippen LogP contribution in [0.25, 0.3) is 0 Å². The molecule has 0 radical (unpaired) electrons. The summed E-state index contributed by atoms with van der Waals surface area (Å²) >= 11 is 0. The van der Waals surface area contributed by atoms with Gasteiger partial charge in [0.25, 0.3) is 10.2 Å². The quantitative estimate of drug-likeness (QED) is 0.812. The number of nitrogens with zero attached hydrogens (tertiary/aromatic N) is 4. The molecule has 2 saturated heterocycles. The van der Waals surface area contributed by atoms with Crippen molar-refractivity contribution in [2.45, 2.75) is 25.8 Å². The Bertz CT molecular complexity index is 601. The van der Waals surface area contributed by atoms with E-state index in [1.54, 1.807) is 10.5 Å². The van der Waals surface area contributed by atoms with E-state index in [0.717, 1.165) is 18.5 Å². The lowest BCUT2D eigenvalue weighted by Gasteiger charge is -2.32. The summed E-state index contributed by atoms with van der Waals surface area (Å²) in [5.74, 6) is 0.670. The minimum atomic E-state index is -3.45.